The van der Waals surface area contributed by atoms with Gasteiger partial charge >= 0.3 is 0 Å². The van der Waals surface area contributed by atoms with Crippen LogP contribution in [-0.4, -0.2) is 11.6 Å². The molecule has 0 amide bonds. The van der Waals surface area contributed by atoms with Crippen molar-refractivity contribution in [2.24, 2.45) is 0 Å². The van der Waals surface area contributed by atoms with Crippen molar-refractivity contribution in [3.8, 4) is 5.88 Å². The van der Waals surface area contributed by atoms with Gasteiger partial charge in [0.05, 0.1) is 18.8 Å². The summed E-state index contributed by atoms with van der Waals surface area (Å²) in [6.07, 6.45) is 0.937. The van der Waals surface area contributed by atoms with Gasteiger partial charge in [0.25, 0.3) is 0 Å². The molecule has 0 aromatic carbocycles. The van der Waals surface area contributed by atoms with Gasteiger partial charge in [-0.15, -0.1) is 11.3 Å². The normalized spacial score (nSPS) is 10.6. The third kappa shape index (κ3) is 3.63. The summed E-state index contributed by atoms with van der Waals surface area (Å²) in [5.74, 6) is 1.30. The summed E-state index contributed by atoms with van der Waals surface area (Å²) >= 11 is 1.81. The van der Waals surface area contributed by atoms with Gasteiger partial charge in [0.15, 0.2) is 0 Å². The van der Waals surface area contributed by atoms with E-state index in [0.717, 1.165) is 18.8 Å². The van der Waals surface area contributed by atoms with Crippen LogP contribution in [0.2, 0.25) is 0 Å². The molecular formula is C15H21N3OS. The predicted molar refractivity (Wildman–Crippen MR) is 85.6 cm³/mol. The lowest BCUT2D eigenvalue weighted by molar-refractivity contribution is 0.307. The van der Waals surface area contributed by atoms with Gasteiger partial charge < -0.3 is 15.8 Å². The first kappa shape index (κ1) is 14.7. The molecule has 2 heterocycles. The van der Waals surface area contributed by atoms with Crippen LogP contribution < -0.4 is 15.8 Å². The molecule has 2 aromatic heterocycles. The molecule has 0 spiro atoms. The van der Waals surface area contributed by atoms with Crippen molar-refractivity contribution in [2.45, 2.75) is 33.7 Å². The minimum Gasteiger partial charge on any atom is -0.476 e. The number of aryl methyl sites for hydroxylation is 2. The molecule has 5 heteroatoms. The van der Waals surface area contributed by atoms with Crippen molar-refractivity contribution in [3.63, 3.8) is 0 Å². The fourth-order valence-electron chi connectivity index (χ4n) is 1.78. The van der Waals surface area contributed by atoms with E-state index in [2.05, 4.69) is 37.1 Å². The van der Waals surface area contributed by atoms with E-state index in [1.807, 2.05) is 23.5 Å². The molecule has 0 saturated heterocycles. The van der Waals surface area contributed by atoms with Crippen molar-refractivity contribution >= 4 is 22.8 Å². The van der Waals surface area contributed by atoms with Crippen LogP contribution in [0.15, 0.2) is 18.2 Å². The molecule has 20 heavy (non-hydrogen) atoms. The number of nitrogen functional groups attached to an aromatic ring is 1. The van der Waals surface area contributed by atoms with Gasteiger partial charge in [-0.25, -0.2) is 0 Å². The molecule has 0 fully saturated rings. The maximum absolute atomic E-state index is 5.85. The number of rotatable bonds is 6. The third-order valence-corrected chi connectivity index (χ3v) is 4.15. The summed E-state index contributed by atoms with van der Waals surface area (Å²) in [4.78, 5) is 7.06. The van der Waals surface area contributed by atoms with Crippen LogP contribution in [0.4, 0.5) is 11.5 Å². The van der Waals surface area contributed by atoms with Gasteiger partial charge in [-0.2, -0.15) is 4.98 Å². The fourth-order valence-corrected chi connectivity index (χ4v) is 2.77. The summed E-state index contributed by atoms with van der Waals surface area (Å²) in [6.45, 7) is 7.72. The summed E-state index contributed by atoms with van der Waals surface area (Å²) in [6, 6.07) is 5.91. The van der Waals surface area contributed by atoms with Gasteiger partial charge in [-0.3, -0.25) is 0 Å². The van der Waals surface area contributed by atoms with Crippen LogP contribution in [0, 0.1) is 13.8 Å². The fraction of sp³-hybridized carbons (Fsp3) is 0.400. The Kier molecular flexibility index (Phi) is 4.84. The number of pyridine rings is 1. The van der Waals surface area contributed by atoms with E-state index in [1.54, 1.807) is 0 Å². The number of nitrogens with two attached hydrogens (primary N) is 1. The summed E-state index contributed by atoms with van der Waals surface area (Å²) in [5.41, 5.74) is 7.76. The standard InChI is InChI=1S/C15H21N3OS/c1-4-7-19-15-13(16)5-6-14(18-15)17-9-12-8-10(2)11(3)20-12/h5-6,8H,4,7,9,16H2,1-3H3,(H,17,18). The van der Waals surface area contributed by atoms with Gasteiger partial charge in [-0.05, 0) is 44.0 Å². The first-order chi connectivity index (χ1) is 9.60. The SMILES string of the molecule is CCCOc1nc(NCc2cc(C)c(C)s2)ccc1N. The van der Waals surface area contributed by atoms with Crippen molar-refractivity contribution in [3.05, 3.63) is 33.5 Å². The van der Waals surface area contributed by atoms with Crippen molar-refractivity contribution in [1.82, 2.24) is 4.98 Å². The van der Waals surface area contributed by atoms with E-state index in [-0.39, 0.29) is 0 Å². The number of anilines is 2. The van der Waals surface area contributed by atoms with Crippen molar-refractivity contribution in [2.75, 3.05) is 17.7 Å². The Morgan fingerprint density at radius 3 is 2.80 bits per heavy atom. The highest BCUT2D eigenvalue weighted by molar-refractivity contribution is 7.12. The number of nitrogens with one attached hydrogen (secondary N) is 1. The minimum atomic E-state index is 0.510. The van der Waals surface area contributed by atoms with Gasteiger partial charge in [-0.1, -0.05) is 6.92 Å². The van der Waals surface area contributed by atoms with E-state index >= 15 is 0 Å². The molecule has 0 aliphatic carbocycles. The first-order valence-corrected chi connectivity index (χ1v) is 7.61. The second kappa shape index (κ2) is 6.61. The van der Waals surface area contributed by atoms with Gasteiger partial charge in [0.2, 0.25) is 5.88 Å². The van der Waals surface area contributed by atoms with Gasteiger partial charge in [0.1, 0.15) is 5.82 Å². The molecule has 3 N–H and O–H groups in total. The second-order valence-electron chi connectivity index (χ2n) is 4.74. The molecule has 0 aliphatic heterocycles. The lowest BCUT2D eigenvalue weighted by atomic mass is 10.3. The summed E-state index contributed by atoms with van der Waals surface area (Å²) in [7, 11) is 0. The van der Waals surface area contributed by atoms with Crippen molar-refractivity contribution in [1.29, 1.82) is 0 Å². The lowest BCUT2D eigenvalue weighted by Gasteiger charge is -2.09. The zero-order valence-electron chi connectivity index (χ0n) is 12.2. The Labute approximate surface area is 124 Å². The lowest BCUT2D eigenvalue weighted by Crippen LogP contribution is -2.05. The highest BCUT2D eigenvalue weighted by Gasteiger charge is 2.05. The van der Waals surface area contributed by atoms with Crippen LogP contribution in [0.1, 0.15) is 28.7 Å². The van der Waals surface area contributed by atoms with E-state index in [9.17, 15) is 0 Å². The molecule has 0 atom stereocenters. The Bertz CT molecular complexity index is 561. The van der Waals surface area contributed by atoms with E-state index in [0.29, 0.717) is 18.2 Å². The molecule has 0 bridgehead atoms. The highest BCUT2D eigenvalue weighted by atomic mass is 32.1. The van der Waals surface area contributed by atoms with Crippen LogP contribution >= 0.6 is 11.3 Å². The molecule has 2 rings (SSSR count). The average molecular weight is 291 g/mol. The predicted octanol–water partition coefficient (Wildman–Crippen LogP) is 3.74. The Hall–Kier alpha value is -1.75. The highest BCUT2D eigenvalue weighted by Crippen LogP contribution is 2.24. The number of hydrogen-bond acceptors (Lipinski definition) is 5. The second-order valence-corrected chi connectivity index (χ2v) is 6.09. The van der Waals surface area contributed by atoms with E-state index in [1.165, 1.54) is 15.3 Å². The number of thiophene rings is 1. The Morgan fingerprint density at radius 2 is 2.15 bits per heavy atom. The quantitative estimate of drug-likeness (QED) is 0.851. The maximum atomic E-state index is 5.85. The van der Waals surface area contributed by atoms with Gasteiger partial charge in [0, 0.05) is 9.75 Å². The largest absolute Gasteiger partial charge is 0.476 e. The Morgan fingerprint density at radius 1 is 1.35 bits per heavy atom. The van der Waals surface area contributed by atoms with Crippen molar-refractivity contribution < 1.29 is 4.74 Å². The molecule has 2 aromatic rings. The van der Waals surface area contributed by atoms with Crippen LogP contribution in [-0.2, 0) is 6.54 Å². The minimum absolute atomic E-state index is 0.510. The van der Waals surface area contributed by atoms with E-state index in [4.69, 9.17) is 10.5 Å². The molecule has 0 radical (unpaired) electrons. The monoisotopic (exact) mass is 291 g/mol. The molecule has 4 nitrogen and oxygen atoms in total. The Balaban J connectivity index is 2.02. The van der Waals surface area contributed by atoms with Crippen LogP contribution in [0.25, 0.3) is 0 Å². The average Bonchev–Trinajstić information content (AvgIpc) is 2.75. The molecule has 108 valence electrons. The number of aromatic nitrogens is 1. The third-order valence-electron chi connectivity index (χ3n) is 2.99. The molecular weight excluding hydrogens is 270 g/mol. The number of ether oxygens (including phenoxy) is 1. The number of nitrogens with zero attached hydrogens (tertiary/aromatic N) is 1. The van der Waals surface area contributed by atoms with E-state index < -0.39 is 0 Å². The summed E-state index contributed by atoms with van der Waals surface area (Å²) in [5, 5.41) is 3.31. The smallest absolute Gasteiger partial charge is 0.239 e. The zero-order chi connectivity index (χ0) is 14.5. The first-order valence-electron chi connectivity index (χ1n) is 6.79. The zero-order valence-corrected chi connectivity index (χ0v) is 13.0. The van der Waals surface area contributed by atoms with Crippen LogP contribution in [0.5, 0.6) is 5.88 Å². The molecule has 0 unspecified atom stereocenters. The number of hydrogen-bond donors (Lipinski definition) is 2. The van der Waals surface area contributed by atoms with Crippen LogP contribution in [0.3, 0.4) is 0 Å². The maximum Gasteiger partial charge on any atom is 0.239 e. The summed E-state index contributed by atoms with van der Waals surface area (Å²) < 4.78 is 5.53. The molecule has 0 saturated carbocycles. The molecule has 0 aliphatic rings. The topological polar surface area (TPSA) is 60.2 Å².